The summed E-state index contributed by atoms with van der Waals surface area (Å²) in [6.07, 6.45) is 0. The Morgan fingerprint density at radius 1 is 1.18 bits per heavy atom. The maximum Gasteiger partial charge on any atom is 0.275 e. The van der Waals surface area contributed by atoms with Crippen molar-refractivity contribution in [1.82, 2.24) is 5.43 Å². The molecule has 2 aromatic carbocycles. The molecule has 0 spiro atoms. The highest BCUT2D eigenvalue weighted by atomic mass is 16.7. The van der Waals surface area contributed by atoms with E-state index >= 15 is 0 Å². The van der Waals surface area contributed by atoms with Crippen LogP contribution in [0.3, 0.4) is 0 Å². The van der Waals surface area contributed by atoms with Crippen LogP contribution in [0.4, 0.5) is 0 Å². The summed E-state index contributed by atoms with van der Waals surface area (Å²) in [5.74, 6) is 0.781. The molecule has 0 atom stereocenters. The number of phenols is 1. The van der Waals surface area contributed by atoms with Crippen molar-refractivity contribution in [2.24, 2.45) is 5.10 Å². The van der Waals surface area contributed by atoms with Crippen molar-refractivity contribution in [2.45, 2.75) is 6.92 Å². The molecule has 0 unspecified atom stereocenters. The van der Waals surface area contributed by atoms with Gasteiger partial charge in [-0.1, -0.05) is 12.1 Å². The molecule has 1 amide bonds. The lowest BCUT2D eigenvalue weighted by atomic mass is 10.1. The zero-order valence-corrected chi connectivity index (χ0v) is 11.9. The van der Waals surface area contributed by atoms with Gasteiger partial charge in [-0.15, -0.1) is 0 Å². The number of hydrogen-bond acceptors (Lipinski definition) is 5. The Morgan fingerprint density at radius 3 is 2.77 bits per heavy atom. The zero-order valence-electron chi connectivity index (χ0n) is 11.9. The third kappa shape index (κ3) is 2.71. The molecular weight excluding hydrogens is 284 g/mol. The van der Waals surface area contributed by atoms with Crippen LogP contribution in [0.25, 0.3) is 0 Å². The number of ether oxygens (including phenoxy) is 2. The van der Waals surface area contributed by atoms with Crippen LogP contribution >= 0.6 is 0 Å². The predicted molar refractivity (Wildman–Crippen MR) is 80.3 cm³/mol. The van der Waals surface area contributed by atoms with Gasteiger partial charge in [0.1, 0.15) is 5.75 Å². The van der Waals surface area contributed by atoms with Crippen molar-refractivity contribution in [2.75, 3.05) is 6.79 Å². The maximum atomic E-state index is 12.0. The molecule has 0 fully saturated rings. The molecule has 112 valence electrons. The van der Waals surface area contributed by atoms with E-state index in [0.717, 1.165) is 5.56 Å². The van der Waals surface area contributed by atoms with Crippen LogP contribution < -0.4 is 14.9 Å². The number of hydrazone groups is 1. The number of carbonyl (C=O) groups is 1. The summed E-state index contributed by atoms with van der Waals surface area (Å²) in [5, 5.41) is 13.7. The van der Waals surface area contributed by atoms with Crippen molar-refractivity contribution in [3.05, 3.63) is 53.6 Å². The summed E-state index contributed by atoms with van der Waals surface area (Å²) < 4.78 is 10.5. The molecule has 22 heavy (non-hydrogen) atoms. The van der Waals surface area contributed by atoms with Gasteiger partial charge in [-0.2, -0.15) is 5.10 Å². The number of amides is 1. The minimum Gasteiger partial charge on any atom is -0.507 e. The van der Waals surface area contributed by atoms with Gasteiger partial charge >= 0.3 is 0 Å². The average Bonchev–Trinajstić information content (AvgIpc) is 3.00. The first-order chi connectivity index (χ1) is 10.6. The van der Waals surface area contributed by atoms with Gasteiger partial charge in [0, 0.05) is 5.56 Å². The first-order valence-corrected chi connectivity index (χ1v) is 6.68. The minimum absolute atomic E-state index is 0.0871. The fourth-order valence-electron chi connectivity index (χ4n) is 2.05. The molecule has 0 saturated carbocycles. The average molecular weight is 298 g/mol. The summed E-state index contributed by atoms with van der Waals surface area (Å²) >= 11 is 0. The molecular formula is C16H14N2O4. The van der Waals surface area contributed by atoms with E-state index in [4.69, 9.17) is 9.47 Å². The van der Waals surface area contributed by atoms with E-state index in [1.807, 2.05) is 6.07 Å². The highest BCUT2D eigenvalue weighted by molar-refractivity contribution is 6.01. The highest BCUT2D eigenvalue weighted by Crippen LogP contribution is 2.32. The van der Waals surface area contributed by atoms with Crippen molar-refractivity contribution >= 4 is 11.6 Å². The summed E-state index contributed by atoms with van der Waals surface area (Å²) in [6, 6.07) is 11.7. The molecule has 0 radical (unpaired) electrons. The molecule has 1 aliphatic rings. The Balaban J connectivity index is 1.75. The number of para-hydroxylation sites is 1. The van der Waals surface area contributed by atoms with Gasteiger partial charge in [0.05, 0.1) is 11.3 Å². The summed E-state index contributed by atoms with van der Waals surface area (Å²) in [4.78, 5) is 12.0. The summed E-state index contributed by atoms with van der Waals surface area (Å²) in [7, 11) is 0. The number of nitrogens with one attached hydrogen (secondary N) is 1. The molecule has 1 heterocycles. The van der Waals surface area contributed by atoms with Gasteiger partial charge in [-0.25, -0.2) is 5.43 Å². The molecule has 6 nitrogen and oxygen atoms in total. The number of hydrogen-bond donors (Lipinski definition) is 2. The van der Waals surface area contributed by atoms with Crippen LogP contribution in [0.2, 0.25) is 0 Å². The van der Waals surface area contributed by atoms with Crippen molar-refractivity contribution in [3.8, 4) is 17.2 Å². The molecule has 0 aromatic heterocycles. The van der Waals surface area contributed by atoms with Gasteiger partial charge in [0.2, 0.25) is 6.79 Å². The second-order valence-electron chi connectivity index (χ2n) is 4.72. The number of carbonyl (C=O) groups excluding carboxylic acids is 1. The van der Waals surface area contributed by atoms with Crippen LogP contribution in [-0.4, -0.2) is 23.5 Å². The van der Waals surface area contributed by atoms with Crippen LogP contribution in [-0.2, 0) is 0 Å². The molecule has 2 aromatic rings. The highest BCUT2D eigenvalue weighted by Gasteiger charge is 2.14. The second kappa shape index (κ2) is 5.77. The maximum absolute atomic E-state index is 12.0. The first-order valence-electron chi connectivity index (χ1n) is 6.68. The Hall–Kier alpha value is -3.02. The molecule has 0 saturated heterocycles. The smallest absolute Gasteiger partial charge is 0.275 e. The van der Waals surface area contributed by atoms with Crippen molar-refractivity contribution < 1.29 is 19.4 Å². The van der Waals surface area contributed by atoms with E-state index in [1.165, 1.54) is 12.1 Å². The number of aromatic hydroxyl groups is 1. The van der Waals surface area contributed by atoms with E-state index in [9.17, 15) is 9.90 Å². The van der Waals surface area contributed by atoms with Crippen molar-refractivity contribution in [1.29, 1.82) is 0 Å². The Labute approximate surface area is 127 Å². The number of nitrogens with zero attached hydrogens (tertiary/aromatic N) is 1. The van der Waals surface area contributed by atoms with E-state index in [0.29, 0.717) is 17.2 Å². The van der Waals surface area contributed by atoms with Gasteiger partial charge in [0.15, 0.2) is 11.5 Å². The van der Waals surface area contributed by atoms with Crippen LogP contribution in [0, 0.1) is 0 Å². The van der Waals surface area contributed by atoms with Gasteiger partial charge in [0.25, 0.3) is 5.91 Å². The molecule has 0 bridgehead atoms. The lowest BCUT2D eigenvalue weighted by molar-refractivity contribution is 0.0952. The quantitative estimate of drug-likeness (QED) is 0.673. The molecule has 1 aliphatic heterocycles. The topological polar surface area (TPSA) is 80.2 Å². The van der Waals surface area contributed by atoms with Gasteiger partial charge < -0.3 is 14.6 Å². The largest absolute Gasteiger partial charge is 0.507 e. The van der Waals surface area contributed by atoms with E-state index in [-0.39, 0.29) is 18.1 Å². The third-order valence-electron chi connectivity index (χ3n) is 3.26. The molecule has 3 rings (SSSR count). The number of fused-ring (bicyclic) bond motifs is 1. The van der Waals surface area contributed by atoms with Crippen molar-refractivity contribution in [3.63, 3.8) is 0 Å². The number of phenolic OH excluding ortho intramolecular Hbond substituents is 1. The van der Waals surface area contributed by atoms with E-state index in [1.54, 1.807) is 31.2 Å². The lowest BCUT2D eigenvalue weighted by Gasteiger charge is -2.05. The minimum atomic E-state index is -0.474. The fraction of sp³-hybridized carbons (Fsp3) is 0.125. The summed E-state index contributed by atoms with van der Waals surface area (Å²) in [5.41, 5.74) is 4.01. The number of rotatable bonds is 3. The zero-order chi connectivity index (χ0) is 15.5. The van der Waals surface area contributed by atoms with E-state index in [2.05, 4.69) is 10.5 Å². The van der Waals surface area contributed by atoms with Crippen LogP contribution in [0.5, 0.6) is 17.2 Å². The lowest BCUT2D eigenvalue weighted by Crippen LogP contribution is -2.19. The monoisotopic (exact) mass is 298 g/mol. The Kier molecular flexibility index (Phi) is 3.65. The summed E-state index contributed by atoms with van der Waals surface area (Å²) in [6.45, 7) is 1.97. The van der Waals surface area contributed by atoms with Crippen LogP contribution in [0.1, 0.15) is 22.8 Å². The van der Waals surface area contributed by atoms with Crippen LogP contribution in [0.15, 0.2) is 47.6 Å². The SMILES string of the molecule is C/C(=N\NC(=O)c1ccccc1O)c1ccc2c(c1)OCO2. The fourth-order valence-corrected chi connectivity index (χ4v) is 2.05. The second-order valence-corrected chi connectivity index (χ2v) is 4.72. The molecule has 6 heteroatoms. The third-order valence-corrected chi connectivity index (χ3v) is 3.26. The molecule has 0 aliphatic carbocycles. The Morgan fingerprint density at radius 2 is 1.95 bits per heavy atom. The first kappa shape index (κ1) is 13.9. The van der Waals surface area contributed by atoms with Gasteiger partial charge in [-0.05, 0) is 37.3 Å². The molecule has 2 N–H and O–H groups in total. The standard InChI is InChI=1S/C16H14N2O4/c1-10(11-6-7-14-15(8-11)22-9-21-14)17-18-16(20)12-4-2-3-5-13(12)19/h2-8,19H,9H2,1H3,(H,18,20)/b17-10+. The normalized spacial score (nSPS) is 13.0. The predicted octanol–water partition coefficient (Wildman–Crippen LogP) is 2.27. The number of benzene rings is 2. The van der Waals surface area contributed by atoms with E-state index < -0.39 is 5.91 Å². The Bertz CT molecular complexity index is 756. The van der Waals surface area contributed by atoms with Gasteiger partial charge in [-0.3, -0.25) is 4.79 Å².